The van der Waals surface area contributed by atoms with E-state index in [0.717, 1.165) is 6.26 Å². The molecule has 0 fully saturated rings. The van der Waals surface area contributed by atoms with E-state index in [9.17, 15) is 18.0 Å². The highest BCUT2D eigenvalue weighted by Gasteiger charge is 2.26. The van der Waals surface area contributed by atoms with Crippen molar-refractivity contribution in [1.29, 1.82) is 0 Å². The second-order valence-electron chi connectivity index (χ2n) is 7.82. The molecule has 12 heteroatoms. The Morgan fingerprint density at radius 1 is 1.06 bits per heavy atom. The zero-order valence-electron chi connectivity index (χ0n) is 19.8. The maximum Gasteiger partial charge on any atom is 0.242 e. The van der Waals surface area contributed by atoms with Crippen LogP contribution in [0.25, 0.3) is 0 Å². The lowest BCUT2D eigenvalue weighted by Gasteiger charge is -2.29. The first-order chi connectivity index (χ1) is 16.4. The second-order valence-corrected chi connectivity index (χ2v) is 10.9. The molecule has 0 aromatic heterocycles. The van der Waals surface area contributed by atoms with Gasteiger partial charge in [-0.25, -0.2) is 8.42 Å². The summed E-state index contributed by atoms with van der Waals surface area (Å²) in [6.07, 6.45) is 1.31. The summed E-state index contributed by atoms with van der Waals surface area (Å²) in [5.74, 6) is -0.224. The lowest BCUT2D eigenvalue weighted by atomic mass is 10.1. The Morgan fingerprint density at radius 3 is 2.29 bits per heavy atom. The summed E-state index contributed by atoms with van der Waals surface area (Å²) >= 11 is 18.2. The third kappa shape index (κ3) is 7.90. The lowest BCUT2D eigenvalue weighted by molar-refractivity contribution is -0.140. The van der Waals surface area contributed by atoms with E-state index in [0.29, 0.717) is 27.0 Å². The largest absolute Gasteiger partial charge is 0.495 e. The Labute approximate surface area is 221 Å². The number of rotatable bonds is 11. The molecular weight excluding hydrogens is 537 g/mol. The topological polar surface area (TPSA) is 96.0 Å². The van der Waals surface area contributed by atoms with Crippen LogP contribution in [0.3, 0.4) is 0 Å². The van der Waals surface area contributed by atoms with Gasteiger partial charge in [0.15, 0.2) is 0 Å². The van der Waals surface area contributed by atoms with Crippen LogP contribution in [0.2, 0.25) is 15.1 Å². The first-order valence-electron chi connectivity index (χ1n) is 10.6. The Kier molecular flexibility index (Phi) is 10.5. The highest BCUT2D eigenvalue weighted by atomic mass is 35.5. The Morgan fingerprint density at radius 2 is 1.74 bits per heavy atom. The number of sulfonamides is 1. The summed E-state index contributed by atoms with van der Waals surface area (Å²) in [6.45, 7) is 1.80. The molecule has 2 amide bonds. The number of nitrogens with zero attached hydrogens (tertiary/aromatic N) is 2. The molecule has 2 aromatic rings. The monoisotopic (exact) mass is 563 g/mol. The summed E-state index contributed by atoms with van der Waals surface area (Å²) in [4.78, 5) is 26.9. The Bertz CT molecular complexity index is 1180. The van der Waals surface area contributed by atoms with Crippen molar-refractivity contribution in [2.24, 2.45) is 0 Å². The number of halogens is 3. The summed E-state index contributed by atoms with van der Waals surface area (Å²) < 4.78 is 31.1. The van der Waals surface area contributed by atoms with Crippen LogP contribution < -0.4 is 14.4 Å². The van der Waals surface area contributed by atoms with Crippen LogP contribution in [0.5, 0.6) is 5.75 Å². The normalized spacial score (nSPS) is 12.1. The van der Waals surface area contributed by atoms with Crippen LogP contribution in [-0.4, -0.2) is 58.1 Å². The van der Waals surface area contributed by atoms with E-state index in [1.165, 1.54) is 29.4 Å². The van der Waals surface area contributed by atoms with Gasteiger partial charge in [0.05, 0.1) is 34.1 Å². The average molecular weight is 565 g/mol. The van der Waals surface area contributed by atoms with Gasteiger partial charge in [-0.2, -0.15) is 0 Å². The molecule has 1 unspecified atom stereocenters. The van der Waals surface area contributed by atoms with Gasteiger partial charge in [0, 0.05) is 26.6 Å². The standard InChI is InChI=1S/C23H28Cl3N3O5S/c1-15(23(31)27-2)28(14-16-7-9-18(24)19(25)12-16)22(30)6-5-11-29(35(4,32)33)17-8-10-21(34-3)20(26)13-17/h7-10,12-13,15H,5-6,11,14H2,1-4H3,(H,27,31). The third-order valence-electron chi connectivity index (χ3n) is 5.33. The van der Waals surface area contributed by atoms with Gasteiger partial charge in [0.25, 0.3) is 0 Å². The fraction of sp³-hybridized carbons (Fsp3) is 0.391. The summed E-state index contributed by atoms with van der Waals surface area (Å²) in [5.41, 5.74) is 1.06. The van der Waals surface area contributed by atoms with Crippen LogP contribution in [0.15, 0.2) is 36.4 Å². The first-order valence-corrected chi connectivity index (χ1v) is 13.6. The van der Waals surface area contributed by atoms with Gasteiger partial charge in [0.1, 0.15) is 11.8 Å². The van der Waals surface area contributed by atoms with Crippen molar-refractivity contribution < 1.29 is 22.7 Å². The highest BCUT2D eigenvalue weighted by Crippen LogP contribution is 2.30. The minimum atomic E-state index is -3.65. The Hall–Kier alpha value is -2.20. The fourth-order valence-corrected chi connectivity index (χ4v) is 4.97. The van der Waals surface area contributed by atoms with Gasteiger partial charge >= 0.3 is 0 Å². The number of amides is 2. The van der Waals surface area contributed by atoms with Gasteiger partial charge in [0.2, 0.25) is 21.8 Å². The van der Waals surface area contributed by atoms with Crippen molar-refractivity contribution in [1.82, 2.24) is 10.2 Å². The molecule has 0 spiro atoms. The Balaban J connectivity index is 2.19. The van der Waals surface area contributed by atoms with Crippen LogP contribution in [0.1, 0.15) is 25.3 Å². The molecule has 0 saturated heterocycles. The van der Waals surface area contributed by atoms with Gasteiger partial charge in [-0.05, 0) is 49.2 Å². The number of hydrogen-bond donors (Lipinski definition) is 1. The van der Waals surface area contributed by atoms with E-state index in [-0.39, 0.29) is 42.8 Å². The number of anilines is 1. The molecule has 192 valence electrons. The first kappa shape index (κ1) is 29.0. The van der Waals surface area contributed by atoms with E-state index < -0.39 is 16.1 Å². The summed E-state index contributed by atoms with van der Waals surface area (Å²) in [7, 11) is -0.693. The molecule has 0 aliphatic rings. The van der Waals surface area contributed by atoms with Gasteiger partial charge in [-0.3, -0.25) is 13.9 Å². The number of nitrogens with one attached hydrogen (secondary N) is 1. The van der Waals surface area contributed by atoms with Gasteiger partial charge < -0.3 is 15.0 Å². The molecule has 0 aliphatic heterocycles. The van der Waals surface area contributed by atoms with E-state index in [1.807, 2.05) is 0 Å². The summed E-state index contributed by atoms with van der Waals surface area (Å²) in [5, 5.41) is 3.53. The number of likely N-dealkylation sites (N-methyl/N-ethyl adjacent to an activating group) is 1. The maximum absolute atomic E-state index is 13.1. The van der Waals surface area contributed by atoms with E-state index in [4.69, 9.17) is 39.5 Å². The number of carbonyl (C=O) groups excluding carboxylic acids is 2. The van der Waals surface area contributed by atoms with Crippen LogP contribution in [0.4, 0.5) is 5.69 Å². The summed E-state index contributed by atoms with van der Waals surface area (Å²) in [6, 6.07) is 8.88. The number of carbonyl (C=O) groups is 2. The number of methoxy groups -OCH3 is 1. The smallest absolute Gasteiger partial charge is 0.242 e. The predicted molar refractivity (Wildman–Crippen MR) is 140 cm³/mol. The molecule has 2 aromatic carbocycles. The lowest BCUT2D eigenvalue weighted by Crippen LogP contribution is -2.46. The number of ether oxygens (including phenoxy) is 1. The zero-order valence-corrected chi connectivity index (χ0v) is 22.9. The van der Waals surface area contributed by atoms with Crippen LogP contribution in [-0.2, 0) is 26.2 Å². The molecule has 35 heavy (non-hydrogen) atoms. The fourth-order valence-electron chi connectivity index (χ4n) is 3.44. The van der Waals surface area contributed by atoms with Crippen molar-refractivity contribution in [2.75, 3.05) is 31.3 Å². The molecule has 8 nitrogen and oxygen atoms in total. The molecule has 1 N–H and O–H groups in total. The van der Waals surface area contributed by atoms with E-state index in [1.54, 1.807) is 37.3 Å². The minimum Gasteiger partial charge on any atom is -0.495 e. The number of hydrogen-bond acceptors (Lipinski definition) is 5. The number of benzene rings is 2. The zero-order chi connectivity index (χ0) is 26.3. The quantitative estimate of drug-likeness (QED) is 0.437. The molecule has 0 bridgehead atoms. The maximum atomic E-state index is 13.1. The van der Waals surface area contributed by atoms with E-state index >= 15 is 0 Å². The minimum absolute atomic E-state index is 0.0125. The average Bonchev–Trinajstić information content (AvgIpc) is 2.80. The third-order valence-corrected chi connectivity index (χ3v) is 7.55. The highest BCUT2D eigenvalue weighted by molar-refractivity contribution is 7.92. The molecular formula is C23H28Cl3N3O5S. The second kappa shape index (κ2) is 12.7. The van der Waals surface area contributed by atoms with Gasteiger partial charge in [-0.15, -0.1) is 0 Å². The van der Waals surface area contributed by atoms with Crippen LogP contribution in [0, 0.1) is 0 Å². The van der Waals surface area contributed by atoms with Crippen molar-refractivity contribution in [3.05, 3.63) is 57.0 Å². The van der Waals surface area contributed by atoms with Crippen molar-refractivity contribution in [3.63, 3.8) is 0 Å². The van der Waals surface area contributed by atoms with Crippen molar-refractivity contribution in [2.45, 2.75) is 32.4 Å². The molecule has 0 saturated carbocycles. The van der Waals surface area contributed by atoms with Gasteiger partial charge in [-0.1, -0.05) is 40.9 Å². The SMILES string of the molecule is CNC(=O)C(C)N(Cc1ccc(Cl)c(Cl)c1)C(=O)CCCN(c1ccc(OC)c(Cl)c1)S(C)(=O)=O. The van der Waals surface area contributed by atoms with Crippen molar-refractivity contribution >= 4 is 62.3 Å². The molecule has 0 aliphatic carbocycles. The molecule has 2 rings (SSSR count). The molecule has 0 heterocycles. The molecule has 0 radical (unpaired) electrons. The predicted octanol–water partition coefficient (Wildman–Crippen LogP) is 4.36. The van der Waals surface area contributed by atoms with E-state index in [2.05, 4.69) is 5.32 Å². The van der Waals surface area contributed by atoms with Crippen molar-refractivity contribution in [3.8, 4) is 5.75 Å². The molecule has 1 atom stereocenters. The van der Waals surface area contributed by atoms with Crippen LogP contribution >= 0.6 is 34.8 Å².